The summed E-state index contributed by atoms with van der Waals surface area (Å²) in [5, 5.41) is 17.2. The summed E-state index contributed by atoms with van der Waals surface area (Å²) < 4.78 is 5.43. The maximum atomic E-state index is 10.4. The fraction of sp³-hybridized carbons (Fsp3) is 0. The number of hydrogen-bond acceptors (Lipinski definition) is 5. The molecule has 0 bridgehead atoms. The third-order valence-electron chi connectivity index (χ3n) is 2.69. The monoisotopic (exact) mass is 267 g/mol. The number of aromatic nitrogens is 3. The van der Waals surface area contributed by atoms with Crippen molar-refractivity contribution in [2.75, 3.05) is 0 Å². The molecule has 0 aliphatic heterocycles. The van der Waals surface area contributed by atoms with Crippen molar-refractivity contribution in [2.24, 2.45) is 0 Å². The number of rotatable bonds is 3. The molecule has 0 saturated heterocycles. The molecule has 0 amide bonds. The molecule has 3 rings (SSSR count). The van der Waals surface area contributed by atoms with E-state index in [-0.39, 0.29) is 5.89 Å². The van der Waals surface area contributed by atoms with Gasteiger partial charge in [0.2, 0.25) is 11.8 Å². The van der Waals surface area contributed by atoms with Gasteiger partial charge in [-0.2, -0.15) is 0 Å². The van der Waals surface area contributed by atoms with E-state index < -0.39 is 5.97 Å². The van der Waals surface area contributed by atoms with Crippen LogP contribution in [0.4, 0.5) is 0 Å². The average Bonchev–Trinajstić information content (AvgIpc) is 2.93. The second-order valence-corrected chi connectivity index (χ2v) is 3.99. The summed E-state index contributed by atoms with van der Waals surface area (Å²) >= 11 is 0. The summed E-state index contributed by atoms with van der Waals surface area (Å²) in [6.45, 7) is 0. The first-order chi connectivity index (χ1) is 9.74. The molecule has 0 fully saturated rings. The molecule has 0 aliphatic carbocycles. The fourth-order valence-electron chi connectivity index (χ4n) is 1.84. The van der Waals surface area contributed by atoms with Crippen LogP contribution in [0.1, 0.15) is 5.89 Å². The van der Waals surface area contributed by atoms with Gasteiger partial charge in [-0.15, -0.1) is 10.2 Å². The van der Waals surface area contributed by atoms with E-state index in [4.69, 9.17) is 9.52 Å². The minimum absolute atomic E-state index is 0.142. The van der Waals surface area contributed by atoms with E-state index >= 15 is 0 Å². The van der Waals surface area contributed by atoms with Crippen molar-refractivity contribution in [3.05, 3.63) is 48.5 Å². The van der Waals surface area contributed by atoms with Crippen molar-refractivity contribution in [2.45, 2.75) is 0 Å². The standard InChI is InChI=1S/C14H9N3O3/c18-13(19)7-6-12-16-17-14(20-12)10-3-1-5-11-9(10)4-2-8-15-11/h1-8H,(H,18,19)/b7-6+. The lowest BCUT2D eigenvalue weighted by molar-refractivity contribution is -0.131. The van der Waals surface area contributed by atoms with Gasteiger partial charge in [0.1, 0.15) is 0 Å². The first kappa shape index (κ1) is 12.0. The van der Waals surface area contributed by atoms with Crippen molar-refractivity contribution in [1.82, 2.24) is 15.2 Å². The summed E-state index contributed by atoms with van der Waals surface area (Å²) in [5.41, 5.74) is 1.59. The lowest BCUT2D eigenvalue weighted by atomic mass is 10.1. The number of nitrogens with zero attached hydrogens (tertiary/aromatic N) is 3. The van der Waals surface area contributed by atoms with Gasteiger partial charge in [-0.25, -0.2) is 4.79 Å². The number of hydrogen-bond donors (Lipinski definition) is 1. The van der Waals surface area contributed by atoms with E-state index in [1.54, 1.807) is 6.20 Å². The maximum Gasteiger partial charge on any atom is 0.328 e. The molecule has 20 heavy (non-hydrogen) atoms. The normalized spacial score (nSPS) is 11.2. The molecule has 98 valence electrons. The van der Waals surface area contributed by atoms with Crippen LogP contribution in [0.3, 0.4) is 0 Å². The van der Waals surface area contributed by atoms with Crippen molar-refractivity contribution >= 4 is 22.9 Å². The molecule has 0 spiro atoms. The Morgan fingerprint density at radius 3 is 2.95 bits per heavy atom. The summed E-state index contributed by atoms with van der Waals surface area (Å²) in [7, 11) is 0. The molecule has 3 aromatic rings. The number of aliphatic carboxylic acids is 1. The van der Waals surface area contributed by atoms with Gasteiger partial charge in [0.05, 0.1) is 5.52 Å². The van der Waals surface area contributed by atoms with Gasteiger partial charge < -0.3 is 9.52 Å². The number of benzene rings is 1. The average molecular weight is 267 g/mol. The first-order valence-corrected chi connectivity index (χ1v) is 5.83. The van der Waals surface area contributed by atoms with E-state index in [1.807, 2.05) is 30.3 Å². The van der Waals surface area contributed by atoms with Gasteiger partial charge in [-0.3, -0.25) is 4.98 Å². The molecule has 0 aliphatic rings. The number of carboxylic acids is 1. The zero-order valence-electron chi connectivity index (χ0n) is 10.2. The molecular weight excluding hydrogens is 258 g/mol. The molecule has 2 heterocycles. The van der Waals surface area contributed by atoms with Crippen molar-refractivity contribution in [3.8, 4) is 11.5 Å². The lowest BCUT2D eigenvalue weighted by Crippen LogP contribution is -1.85. The Labute approximate surface area is 113 Å². The predicted molar refractivity (Wildman–Crippen MR) is 71.7 cm³/mol. The highest BCUT2D eigenvalue weighted by atomic mass is 16.4. The maximum absolute atomic E-state index is 10.4. The predicted octanol–water partition coefficient (Wildman–Crippen LogP) is 2.38. The van der Waals surface area contributed by atoms with E-state index in [1.165, 1.54) is 6.08 Å². The highest BCUT2D eigenvalue weighted by Crippen LogP contribution is 2.26. The SMILES string of the molecule is O=C(O)/C=C/c1nnc(-c2cccc3ncccc23)o1. The summed E-state index contributed by atoms with van der Waals surface area (Å²) in [6.07, 6.45) is 3.91. The quantitative estimate of drug-likeness (QED) is 0.733. The third kappa shape index (κ3) is 2.26. The van der Waals surface area contributed by atoms with E-state index in [9.17, 15) is 4.79 Å². The topological polar surface area (TPSA) is 89.1 Å². The van der Waals surface area contributed by atoms with E-state index in [0.717, 1.165) is 22.5 Å². The smallest absolute Gasteiger partial charge is 0.328 e. The molecule has 0 radical (unpaired) electrons. The summed E-state index contributed by atoms with van der Waals surface area (Å²) in [6, 6.07) is 9.33. The summed E-state index contributed by atoms with van der Waals surface area (Å²) in [4.78, 5) is 14.7. The summed E-state index contributed by atoms with van der Waals surface area (Å²) in [5.74, 6) is -0.601. The second kappa shape index (κ2) is 4.93. The Kier molecular flexibility index (Phi) is 2.96. The van der Waals surface area contributed by atoms with Crippen LogP contribution in [0.25, 0.3) is 28.4 Å². The molecule has 6 heteroatoms. The van der Waals surface area contributed by atoms with Gasteiger partial charge in [-0.05, 0) is 18.2 Å². The van der Waals surface area contributed by atoms with Crippen LogP contribution < -0.4 is 0 Å². The van der Waals surface area contributed by atoms with Crippen LogP contribution in [-0.2, 0) is 4.79 Å². The molecule has 6 nitrogen and oxygen atoms in total. The first-order valence-electron chi connectivity index (χ1n) is 5.83. The molecule has 1 aromatic carbocycles. The Morgan fingerprint density at radius 1 is 1.20 bits per heavy atom. The van der Waals surface area contributed by atoms with Crippen LogP contribution in [0.15, 0.2) is 47.0 Å². The Bertz CT molecular complexity index is 803. The highest BCUT2D eigenvalue weighted by Gasteiger charge is 2.10. The fourth-order valence-corrected chi connectivity index (χ4v) is 1.84. The molecule has 0 saturated carbocycles. The Balaban J connectivity index is 2.06. The van der Waals surface area contributed by atoms with Crippen molar-refractivity contribution in [1.29, 1.82) is 0 Å². The second-order valence-electron chi connectivity index (χ2n) is 3.99. The van der Waals surface area contributed by atoms with Gasteiger partial charge >= 0.3 is 5.97 Å². The minimum Gasteiger partial charge on any atom is -0.478 e. The van der Waals surface area contributed by atoms with Gasteiger partial charge in [0.15, 0.2) is 0 Å². The Hall–Kier alpha value is -3.02. The lowest BCUT2D eigenvalue weighted by Gasteiger charge is -2.00. The van der Waals surface area contributed by atoms with Gasteiger partial charge in [0.25, 0.3) is 0 Å². The van der Waals surface area contributed by atoms with E-state index in [0.29, 0.717) is 5.89 Å². The number of carbonyl (C=O) groups is 1. The molecular formula is C14H9N3O3. The number of fused-ring (bicyclic) bond motifs is 1. The largest absolute Gasteiger partial charge is 0.478 e. The van der Waals surface area contributed by atoms with Crippen LogP contribution in [0.5, 0.6) is 0 Å². The highest BCUT2D eigenvalue weighted by molar-refractivity contribution is 5.92. The molecule has 0 atom stereocenters. The molecule has 2 aromatic heterocycles. The zero-order valence-corrected chi connectivity index (χ0v) is 10.2. The molecule has 1 N–H and O–H groups in total. The van der Waals surface area contributed by atoms with Crippen molar-refractivity contribution in [3.63, 3.8) is 0 Å². The van der Waals surface area contributed by atoms with Gasteiger partial charge in [-0.1, -0.05) is 12.1 Å². The minimum atomic E-state index is -1.07. The third-order valence-corrected chi connectivity index (χ3v) is 2.69. The Morgan fingerprint density at radius 2 is 2.10 bits per heavy atom. The van der Waals surface area contributed by atoms with Crippen molar-refractivity contribution < 1.29 is 14.3 Å². The van der Waals surface area contributed by atoms with E-state index in [2.05, 4.69) is 15.2 Å². The zero-order chi connectivity index (χ0) is 13.9. The van der Waals surface area contributed by atoms with Crippen LogP contribution in [-0.4, -0.2) is 26.3 Å². The number of carboxylic acid groups (broad SMARTS) is 1. The van der Waals surface area contributed by atoms with Crippen LogP contribution >= 0.6 is 0 Å². The van der Waals surface area contributed by atoms with Crippen LogP contribution in [0, 0.1) is 0 Å². The van der Waals surface area contributed by atoms with Crippen LogP contribution in [0.2, 0.25) is 0 Å². The van der Waals surface area contributed by atoms with Gasteiger partial charge in [0, 0.05) is 29.3 Å². The number of pyridine rings is 1. The molecule has 0 unspecified atom stereocenters.